The molecule has 0 bridgehead atoms. The number of hydrogen-bond donors (Lipinski definition) is 2. The molecule has 26 heavy (non-hydrogen) atoms. The Morgan fingerprint density at radius 1 is 1.15 bits per heavy atom. The Bertz CT molecular complexity index is 617. The van der Waals surface area contributed by atoms with Crippen LogP contribution in [0.25, 0.3) is 0 Å². The molecular weight excluding hydrogens is 356 g/mol. The standard InChI is InChI=1S/C17H22F4N2O3/c1-4-26-15(25)16(17(19,20)21,23-14(24)9-11(2)3)22-10-12-5-7-13(18)8-6-12/h5-8,11,22H,4,9-10H2,1-3H3,(H,23,24). The van der Waals surface area contributed by atoms with Crippen LogP contribution in [-0.2, 0) is 20.9 Å². The summed E-state index contributed by atoms with van der Waals surface area (Å²) in [6.45, 7) is 3.93. The number of carbonyl (C=O) groups excluding carboxylic acids is 2. The van der Waals surface area contributed by atoms with Gasteiger partial charge < -0.3 is 10.1 Å². The van der Waals surface area contributed by atoms with Crippen LogP contribution in [0.1, 0.15) is 32.8 Å². The van der Waals surface area contributed by atoms with Gasteiger partial charge in [0.1, 0.15) is 5.82 Å². The van der Waals surface area contributed by atoms with Gasteiger partial charge in [-0.3, -0.25) is 10.1 Å². The van der Waals surface area contributed by atoms with Crippen LogP contribution in [0.5, 0.6) is 0 Å². The second-order valence-electron chi connectivity index (χ2n) is 6.09. The molecule has 0 aliphatic heterocycles. The van der Waals surface area contributed by atoms with E-state index in [0.29, 0.717) is 5.56 Å². The van der Waals surface area contributed by atoms with Crippen molar-refractivity contribution >= 4 is 11.9 Å². The van der Waals surface area contributed by atoms with Crippen molar-refractivity contribution in [3.63, 3.8) is 0 Å². The molecule has 0 spiro atoms. The van der Waals surface area contributed by atoms with Gasteiger partial charge in [0.2, 0.25) is 5.91 Å². The largest absolute Gasteiger partial charge is 0.463 e. The van der Waals surface area contributed by atoms with Gasteiger partial charge in [-0.25, -0.2) is 9.18 Å². The lowest BCUT2D eigenvalue weighted by Crippen LogP contribution is -2.72. The Labute approximate surface area is 149 Å². The minimum atomic E-state index is -5.16. The van der Waals surface area contributed by atoms with E-state index in [4.69, 9.17) is 0 Å². The number of esters is 1. The first-order valence-corrected chi connectivity index (χ1v) is 8.06. The Balaban J connectivity index is 3.16. The molecule has 9 heteroatoms. The molecule has 0 saturated heterocycles. The number of ether oxygens (including phenoxy) is 1. The summed E-state index contributed by atoms with van der Waals surface area (Å²) in [5, 5.41) is 3.79. The summed E-state index contributed by atoms with van der Waals surface area (Å²) < 4.78 is 58.8. The minimum absolute atomic E-state index is 0.199. The van der Waals surface area contributed by atoms with E-state index in [1.165, 1.54) is 19.1 Å². The number of benzene rings is 1. The molecule has 5 nitrogen and oxygen atoms in total. The van der Waals surface area contributed by atoms with E-state index in [1.54, 1.807) is 19.2 Å². The molecule has 1 atom stereocenters. The summed E-state index contributed by atoms with van der Waals surface area (Å²) in [5.74, 6) is -3.37. The summed E-state index contributed by atoms with van der Waals surface area (Å²) in [6, 6.07) is 4.69. The predicted octanol–water partition coefficient (Wildman–Crippen LogP) is 2.90. The van der Waals surface area contributed by atoms with Crippen molar-refractivity contribution in [3.8, 4) is 0 Å². The third kappa shape index (κ3) is 5.69. The number of halogens is 4. The van der Waals surface area contributed by atoms with Gasteiger partial charge in [-0.2, -0.15) is 13.2 Å². The molecule has 1 aromatic rings. The van der Waals surface area contributed by atoms with Crippen LogP contribution in [0.2, 0.25) is 0 Å². The van der Waals surface area contributed by atoms with Gasteiger partial charge in [0.05, 0.1) is 6.61 Å². The smallest absolute Gasteiger partial charge is 0.436 e. The highest BCUT2D eigenvalue weighted by atomic mass is 19.4. The molecule has 1 aromatic carbocycles. The number of carbonyl (C=O) groups is 2. The molecule has 2 N–H and O–H groups in total. The molecule has 0 saturated carbocycles. The van der Waals surface area contributed by atoms with E-state index in [2.05, 4.69) is 4.74 Å². The second kappa shape index (κ2) is 8.98. The fourth-order valence-electron chi connectivity index (χ4n) is 2.16. The zero-order chi connectivity index (χ0) is 20.0. The van der Waals surface area contributed by atoms with E-state index in [9.17, 15) is 27.2 Å². The average Bonchev–Trinajstić information content (AvgIpc) is 2.51. The monoisotopic (exact) mass is 378 g/mol. The van der Waals surface area contributed by atoms with Crippen molar-refractivity contribution in [1.82, 2.24) is 10.6 Å². The molecule has 0 heterocycles. The number of amides is 1. The topological polar surface area (TPSA) is 67.4 Å². The summed E-state index contributed by atoms with van der Waals surface area (Å²) in [7, 11) is 0. The van der Waals surface area contributed by atoms with Gasteiger partial charge in [0.15, 0.2) is 0 Å². The van der Waals surface area contributed by atoms with Crippen LogP contribution >= 0.6 is 0 Å². The Hall–Kier alpha value is -2.16. The van der Waals surface area contributed by atoms with Crippen molar-refractivity contribution in [1.29, 1.82) is 0 Å². The van der Waals surface area contributed by atoms with Crippen LogP contribution < -0.4 is 10.6 Å². The Morgan fingerprint density at radius 3 is 2.19 bits per heavy atom. The van der Waals surface area contributed by atoms with Gasteiger partial charge in [-0.1, -0.05) is 26.0 Å². The predicted molar refractivity (Wildman–Crippen MR) is 86.3 cm³/mol. The molecule has 1 amide bonds. The molecule has 1 unspecified atom stereocenters. The quantitative estimate of drug-likeness (QED) is 0.415. The summed E-state index contributed by atoms with van der Waals surface area (Å²) in [4.78, 5) is 24.1. The number of hydrogen-bond acceptors (Lipinski definition) is 4. The van der Waals surface area contributed by atoms with E-state index in [-0.39, 0.29) is 18.9 Å². The summed E-state index contributed by atoms with van der Waals surface area (Å²) in [6.07, 6.45) is -5.36. The molecule has 0 radical (unpaired) electrons. The van der Waals surface area contributed by atoms with Gasteiger partial charge in [0, 0.05) is 13.0 Å². The maximum Gasteiger partial charge on any atom is 0.436 e. The Kier molecular flexibility index (Phi) is 7.55. The number of alkyl halides is 3. The SMILES string of the molecule is CCOC(=O)C(NCc1ccc(F)cc1)(NC(=O)CC(C)C)C(F)(F)F. The zero-order valence-corrected chi connectivity index (χ0v) is 14.7. The third-order valence-corrected chi connectivity index (χ3v) is 3.40. The molecule has 146 valence electrons. The van der Waals surface area contributed by atoms with Crippen LogP contribution in [0.15, 0.2) is 24.3 Å². The number of rotatable bonds is 8. The maximum atomic E-state index is 13.8. The Morgan fingerprint density at radius 2 is 1.73 bits per heavy atom. The lowest BCUT2D eigenvalue weighted by Gasteiger charge is -2.35. The zero-order valence-electron chi connectivity index (χ0n) is 14.7. The van der Waals surface area contributed by atoms with Crippen molar-refractivity contribution in [2.24, 2.45) is 5.92 Å². The lowest BCUT2D eigenvalue weighted by molar-refractivity contribution is -0.222. The minimum Gasteiger partial charge on any atom is -0.463 e. The molecular formula is C17H22F4N2O3. The normalized spacial score (nSPS) is 14.0. The summed E-state index contributed by atoms with van der Waals surface area (Å²) in [5.41, 5.74) is -3.11. The first kappa shape index (κ1) is 21.9. The highest BCUT2D eigenvalue weighted by Gasteiger charge is 2.63. The highest BCUT2D eigenvalue weighted by Crippen LogP contribution is 2.30. The molecule has 0 aliphatic rings. The van der Waals surface area contributed by atoms with Crippen molar-refractivity contribution in [2.45, 2.75) is 45.6 Å². The lowest BCUT2D eigenvalue weighted by atomic mass is 10.1. The third-order valence-electron chi connectivity index (χ3n) is 3.40. The second-order valence-corrected chi connectivity index (χ2v) is 6.09. The van der Waals surface area contributed by atoms with Crippen molar-refractivity contribution in [3.05, 3.63) is 35.6 Å². The van der Waals surface area contributed by atoms with Crippen molar-refractivity contribution in [2.75, 3.05) is 6.61 Å². The van der Waals surface area contributed by atoms with Gasteiger partial charge in [0.25, 0.3) is 5.66 Å². The van der Waals surface area contributed by atoms with E-state index in [0.717, 1.165) is 12.1 Å². The van der Waals surface area contributed by atoms with Crippen LogP contribution in [0.4, 0.5) is 17.6 Å². The first-order valence-electron chi connectivity index (χ1n) is 8.06. The first-order chi connectivity index (χ1) is 12.0. The van der Waals surface area contributed by atoms with Crippen molar-refractivity contribution < 1.29 is 31.9 Å². The number of nitrogens with one attached hydrogen (secondary N) is 2. The molecule has 0 aliphatic carbocycles. The molecule has 0 fully saturated rings. The van der Waals surface area contributed by atoms with E-state index < -0.39 is 36.1 Å². The highest BCUT2D eigenvalue weighted by molar-refractivity contribution is 5.88. The fraction of sp³-hybridized carbons (Fsp3) is 0.529. The molecule has 0 aromatic heterocycles. The fourth-order valence-corrected chi connectivity index (χ4v) is 2.16. The van der Waals surface area contributed by atoms with Crippen LogP contribution in [0, 0.1) is 11.7 Å². The maximum absolute atomic E-state index is 13.8. The van der Waals surface area contributed by atoms with E-state index in [1.807, 2.05) is 5.32 Å². The van der Waals surface area contributed by atoms with Crippen LogP contribution in [-0.4, -0.2) is 30.3 Å². The van der Waals surface area contributed by atoms with Crippen LogP contribution in [0.3, 0.4) is 0 Å². The summed E-state index contributed by atoms with van der Waals surface area (Å²) >= 11 is 0. The average molecular weight is 378 g/mol. The van der Waals surface area contributed by atoms with Gasteiger partial charge >= 0.3 is 12.1 Å². The molecule has 1 rings (SSSR count). The van der Waals surface area contributed by atoms with Gasteiger partial charge in [-0.05, 0) is 30.5 Å². The van der Waals surface area contributed by atoms with E-state index >= 15 is 0 Å². The van der Waals surface area contributed by atoms with Gasteiger partial charge in [-0.15, -0.1) is 0 Å².